The molecule has 0 spiro atoms. The van der Waals surface area contributed by atoms with Crippen LogP contribution in [-0.4, -0.2) is 37.0 Å². The maximum absolute atomic E-state index is 12.0. The molecule has 1 aromatic rings. The zero-order chi connectivity index (χ0) is 19.0. The van der Waals surface area contributed by atoms with Crippen molar-refractivity contribution in [1.29, 1.82) is 0 Å². The summed E-state index contributed by atoms with van der Waals surface area (Å²) in [7, 11) is 0. The van der Waals surface area contributed by atoms with E-state index < -0.39 is 5.97 Å². The van der Waals surface area contributed by atoms with Gasteiger partial charge in [-0.2, -0.15) is 0 Å². The van der Waals surface area contributed by atoms with Gasteiger partial charge in [0.15, 0.2) is 6.61 Å². The maximum Gasteiger partial charge on any atom is 0.308 e. The summed E-state index contributed by atoms with van der Waals surface area (Å²) < 4.78 is 4.84. The molecule has 0 fully saturated rings. The number of hydrogen-bond donors (Lipinski definition) is 2. The van der Waals surface area contributed by atoms with Crippen LogP contribution in [0.5, 0.6) is 0 Å². The van der Waals surface area contributed by atoms with Crippen LogP contribution in [0.15, 0.2) is 24.3 Å². The summed E-state index contributed by atoms with van der Waals surface area (Å²) in [4.78, 5) is 35.0. The molecule has 0 saturated heterocycles. The average molecular weight is 348 g/mol. The fourth-order valence-corrected chi connectivity index (χ4v) is 2.08. The number of rotatable bonds is 7. The highest BCUT2D eigenvalue weighted by molar-refractivity contribution is 5.94. The molecular weight excluding hydrogens is 320 g/mol. The van der Waals surface area contributed by atoms with Gasteiger partial charge in [0.05, 0.1) is 6.42 Å². The van der Waals surface area contributed by atoms with Crippen molar-refractivity contribution in [3.05, 3.63) is 35.4 Å². The predicted molar refractivity (Wildman–Crippen MR) is 96.3 cm³/mol. The Bertz CT molecular complexity index is 601. The quantitative estimate of drug-likeness (QED) is 0.740. The first-order valence-electron chi connectivity index (χ1n) is 8.43. The summed E-state index contributed by atoms with van der Waals surface area (Å²) in [5.41, 5.74) is 1.71. The lowest BCUT2D eigenvalue weighted by molar-refractivity contribution is -0.148. The molecule has 0 heterocycles. The molecule has 0 aliphatic carbocycles. The highest BCUT2D eigenvalue weighted by atomic mass is 16.5. The van der Waals surface area contributed by atoms with Crippen LogP contribution in [0.1, 0.15) is 57.0 Å². The van der Waals surface area contributed by atoms with Crippen molar-refractivity contribution in [1.82, 2.24) is 10.6 Å². The second kappa shape index (κ2) is 9.20. The van der Waals surface area contributed by atoms with Crippen molar-refractivity contribution in [3.63, 3.8) is 0 Å². The van der Waals surface area contributed by atoms with E-state index in [9.17, 15) is 14.4 Å². The van der Waals surface area contributed by atoms with Gasteiger partial charge in [0, 0.05) is 18.2 Å². The molecule has 0 unspecified atom stereocenters. The van der Waals surface area contributed by atoms with Gasteiger partial charge in [0.25, 0.3) is 11.8 Å². The van der Waals surface area contributed by atoms with Gasteiger partial charge in [0.1, 0.15) is 0 Å². The Hall–Kier alpha value is -2.37. The minimum absolute atomic E-state index is 0.00448. The topological polar surface area (TPSA) is 84.5 Å². The molecular formula is C19H28N2O4. The monoisotopic (exact) mass is 348 g/mol. The lowest BCUT2D eigenvalue weighted by atomic mass is 9.87. The summed E-state index contributed by atoms with van der Waals surface area (Å²) in [5.74, 6) is -1.11. The minimum Gasteiger partial charge on any atom is -0.456 e. The van der Waals surface area contributed by atoms with E-state index in [1.54, 1.807) is 12.1 Å². The number of esters is 1. The van der Waals surface area contributed by atoms with Crippen LogP contribution in [0.25, 0.3) is 0 Å². The second-order valence-electron chi connectivity index (χ2n) is 7.22. The number of nitrogens with one attached hydrogen (secondary N) is 2. The molecule has 25 heavy (non-hydrogen) atoms. The van der Waals surface area contributed by atoms with Crippen molar-refractivity contribution >= 4 is 17.8 Å². The first-order chi connectivity index (χ1) is 11.6. The Labute approximate surface area is 149 Å². The van der Waals surface area contributed by atoms with Gasteiger partial charge in [-0.3, -0.25) is 14.4 Å². The van der Waals surface area contributed by atoms with Gasteiger partial charge in [-0.1, -0.05) is 32.9 Å². The smallest absolute Gasteiger partial charge is 0.308 e. The van der Waals surface area contributed by atoms with Crippen LogP contribution in [-0.2, 0) is 19.7 Å². The molecule has 0 aliphatic rings. The zero-order valence-corrected chi connectivity index (χ0v) is 15.6. The summed E-state index contributed by atoms with van der Waals surface area (Å²) in [5, 5.41) is 5.29. The SMILES string of the molecule is CC(C)NC(=O)COC(=O)CCNC(=O)c1ccc(C(C)(C)C)cc1. The summed E-state index contributed by atoms with van der Waals surface area (Å²) in [6.07, 6.45) is 0.0147. The van der Waals surface area contributed by atoms with E-state index in [-0.39, 0.29) is 42.8 Å². The van der Waals surface area contributed by atoms with Gasteiger partial charge >= 0.3 is 5.97 Å². The Balaban J connectivity index is 2.34. The molecule has 0 saturated carbocycles. The summed E-state index contributed by atoms with van der Waals surface area (Å²) >= 11 is 0. The Morgan fingerprint density at radius 3 is 2.20 bits per heavy atom. The van der Waals surface area contributed by atoms with Crippen LogP contribution in [0.2, 0.25) is 0 Å². The van der Waals surface area contributed by atoms with Crippen LogP contribution >= 0.6 is 0 Å². The van der Waals surface area contributed by atoms with E-state index in [1.807, 2.05) is 26.0 Å². The van der Waals surface area contributed by atoms with E-state index in [4.69, 9.17) is 4.74 Å². The van der Waals surface area contributed by atoms with E-state index >= 15 is 0 Å². The molecule has 2 N–H and O–H groups in total. The van der Waals surface area contributed by atoms with Crippen LogP contribution in [0.3, 0.4) is 0 Å². The molecule has 0 radical (unpaired) electrons. The number of carbonyl (C=O) groups is 3. The molecule has 1 aromatic carbocycles. The zero-order valence-electron chi connectivity index (χ0n) is 15.6. The molecule has 6 nitrogen and oxygen atoms in total. The maximum atomic E-state index is 12.0. The number of hydrogen-bond acceptors (Lipinski definition) is 4. The van der Waals surface area contributed by atoms with Gasteiger partial charge < -0.3 is 15.4 Å². The molecule has 0 bridgehead atoms. The summed E-state index contributed by atoms with van der Waals surface area (Å²) in [6, 6.07) is 7.39. The number of carbonyl (C=O) groups excluding carboxylic acids is 3. The highest BCUT2D eigenvalue weighted by Gasteiger charge is 2.14. The van der Waals surface area contributed by atoms with E-state index in [1.165, 1.54) is 0 Å². The third-order valence-electron chi connectivity index (χ3n) is 3.44. The fourth-order valence-electron chi connectivity index (χ4n) is 2.08. The lowest BCUT2D eigenvalue weighted by Gasteiger charge is -2.19. The Kier molecular flexibility index (Phi) is 7.61. The number of amides is 2. The van der Waals surface area contributed by atoms with Gasteiger partial charge in [-0.15, -0.1) is 0 Å². The van der Waals surface area contributed by atoms with Crippen molar-refractivity contribution in [3.8, 4) is 0 Å². The predicted octanol–water partition coefficient (Wildman–Crippen LogP) is 2.17. The van der Waals surface area contributed by atoms with Crippen molar-refractivity contribution in [2.24, 2.45) is 0 Å². The van der Waals surface area contributed by atoms with Gasteiger partial charge in [-0.25, -0.2) is 0 Å². The molecule has 2 amide bonds. The van der Waals surface area contributed by atoms with E-state index in [0.29, 0.717) is 5.56 Å². The number of benzene rings is 1. The fraction of sp³-hybridized carbons (Fsp3) is 0.526. The average Bonchev–Trinajstić information content (AvgIpc) is 2.51. The van der Waals surface area contributed by atoms with Crippen LogP contribution in [0, 0.1) is 0 Å². The van der Waals surface area contributed by atoms with E-state index in [2.05, 4.69) is 31.4 Å². The lowest BCUT2D eigenvalue weighted by Crippen LogP contribution is -2.34. The van der Waals surface area contributed by atoms with Crippen molar-refractivity contribution in [2.75, 3.05) is 13.2 Å². The van der Waals surface area contributed by atoms with Crippen molar-refractivity contribution < 1.29 is 19.1 Å². The Morgan fingerprint density at radius 1 is 1.08 bits per heavy atom. The Morgan fingerprint density at radius 2 is 1.68 bits per heavy atom. The van der Waals surface area contributed by atoms with Crippen LogP contribution in [0.4, 0.5) is 0 Å². The molecule has 6 heteroatoms. The molecule has 0 aliphatic heterocycles. The van der Waals surface area contributed by atoms with Gasteiger partial charge in [-0.05, 0) is 37.0 Å². The van der Waals surface area contributed by atoms with E-state index in [0.717, 1.165) is 5.56 Å². The molecule has 138 valence electrons. The molecule has 1 rings (SSSR count). The largest absolute Gasteiger partial charge is 0.456 e. The minimum atomic E-state index is -0.526. The molecule has 0 aromatic heterocycles. The third-order valence-corrected chi connectivity index (χ3v) is 3.44. The third kappa shape index (κ3) is 7.83. The normalized spacial score (nSPS) is 11.1. The van der Waals surface area contributed by atoms with Crippen molar-refractivity contribution in [2.45, 2.75) is 52.5 Å². The van der Waals surface area contributed by atoms with Gasteiger partial charge in [0.2, 0.25) is 0 Å². The highest BCUT2D eigenvalue weighted by Crippen LogP contribution is 2.22. The number of ether oxygens (including phenoxy) is 1. The first-order valence-corrected chi connectivity index (χ1v) is 8.43. The molecule has 0 atom stereocenters. The standard InChI is InChI=1S/C19H28N2O4/c1-13(2)21-16(22)12-25-17(23)10-11-20-18(24)14-6-8-15(9-7-14)19(3,4)5/h6-9,13H,10-12H2,1-5H3,(H,20,24)(H,21,22). The first kappa shape index (κ1) is 20.7. The van der Waals surface area contributed by atoms with Crippen LogP contribution < -0.4 is 10.6 Å². The second-order valence-corrected chi connectivity index (χ2v) is 7.22. The summed E-state index contributed by atoms with van der Waals surface area (Å²) in [6.45, 7) is 9.82.